The van der Waals surface area contributed by atoms with Gasteiger partial charge in [-0.1, -0.05) is 24.3 Å². The molecule has 7 heteroatoms. The van der Waals surface area contributed by atoms with E-state index in [1.54, 1.807) is 19.1 Å². The van der Waals surface area contributed by atoms with Gasteiger partial charge in [0.1, 0.15) is 28.6 Å². The highest BCUT2D eigenvalue weighted by atomic mass is 16.5. The predicted octanol–water partition coefficient (Wildman–Crippen LogP) is 6.10. The van der Waals surface area contributed by atoms with Crippen LogP contribution in [0.3, 0.4) is 0 Å². The van der Waals surface area contributed by atoms with Crippen LogP contribution in [0.4, 0.5) is 0 Å². The van der Waals surface area contributed by atoms with E-state index in [0.29, 0.717) is 55.4 Å². The van der Waals surface area contributed by atoms with E-state index in [0.717, 1.165) is 5.56 Å². The Morgan fingerprint density at radius 2 is 1.86 bits per heavy atom. The fourth-order valence-corrected chi connectivity index (χ4v) is 4.88. The van der Waals surface area contributed by atoms with Crippen molar-refractivity contribution >= 4 is 23.8 Å². The predicted molar refractivity (Wildman–Crippen MR) is 139 cm³/mol. The number of phenolic OH excluding ortho intramolecular Hbond substituents is 1. The number of allylic oxidation sites excluding steroid dienone is 1. The number of benzene rings is 2. The minimum absolute atomic E-state index is 0.0137. The molecule has 0 bridgehead atoms. The first-order valence-corrected chi connectivity index (χ1v) is 13.0. The van der Waals surface area contributed by atoms with Gasteiger partial charge in [-0.15, -0.1) is 0 Å². The van der Waals surface area contributed by atoms with Crippen molar-refractivity contribution in [2.75, 3.05) is 0 Å². The minimum atomic E-state index is -0.650. The number of phenols is 1. The Morgan fingerprint density at radius 1 is 1.08 bits per heavy atom. The number of ether oxygens (including phenoxy) is 3. The number of aromatic hydroxyl groups is 1. The highest BCUT2D eigenvalue weighted by molar-refractivity contribution is 5.98. The first-order valence-electron chi connectivity index (χ1n) is 13.0. The van der Waals surface area contributed by atoms with Gasteiger partial charge in [0.2, 0.25) is 0 Å². The minimum Gasteiger partial charge on any atom is -0.507 e. The molecule has 37 heavy (non-hydrogen) atoms. The van der Waals surface area contributed by atoms with Crippen LogP contribution >= 0.6 is 0 Å². The molecule has 0 aromatic heterocycles. The second-order valence-electron chi connectivity index (χ2n) is 10.0. The first-order chi connectivity index (χ1) is 17.7. The second-order valence-corrected chi connectivity index (χ2v) is 10.0. The Bertz CT molecular complexity index is 1210. The molecule has 2 heterocycles. The van der Waals surface area contributed by atoms with Crippen LogP contribution in [0, 0.1) is 0 Å². The summed E-state index contributed by atoms with van der Waals surface area (Å²) in [7, 11) is 0. The van der Waals surface area contributed by atoms with Gasteiger partial charge in [-0.2, -0.15) is 0 Å². The standard InChI is InChI=1S/C30H34O7/c1-18(2)35-23-14-8-11-20(15-23)24-17-26(32)37-25-16-21-10-5-4-6-12-22(31)13-7-9-19(3)36-30(34)27(21)29(33)28(24)25/h5,8,10-11,14-16,18-19,24,33H,4,6-7,9,12-13,17H2,1-3H3/t19-,24-/m0/s1. The molecule has 2 aliphatic rings. The lowest BCUT2D eigenvalue weighted by Gasteiger charge is -2.28. The molecular weight excluding hydrogens is 472 g/mol. The third kappa shape index (κ3) is 6.40. The summed E-state index contributed by atoms with van der Waals surface area (Å²) in [5, 5.41) is 11.5. The van der Waals surface area contributed by atoms with Gasteiger partial charge in [-0.3, -0.25) is 9.59 Å². The van der Waals surface area contributed by atoms with Gasteiger partial charge >= 0.3 is 11.9 Å². The Balaban J connectivity index is 1.80. The maximum atomic E-state index is 13.3. The van der Waals surface area contributed by atoms with Crippen LogP contribution in [-0.4, -0.2) is 35.0 Å². The molecule has 0 fully saturated rings. The summed E-state index contributed by atoms with van der Waals surface area (Å²) in [4.78, 5) is 38.0. The molecule has 2 aromatic rings. The summed E-state index contributed by atoms with van der Waals surface area (Å²) in [6.45, 7) is 5.64. The molecule has 0 spiro atoms. The van der Waals surface area contributed by atoms with E-state index in [2.05, 4.69) is 0 Å². The molecule has 196 valence electrons. The zero-order valence-electron chi connectivity index (χ0n) is 21.6. The fraction of sp³-hybridized carbons (Fsp3) is 0.433. The SMILES string of the molecule is CC(C)Oc1cccc([C@@H]2CC(=O)Oc3cc4c(c(O)c32)C(=O)O[C@@H](C)CCCC(=O)CCCC=C4)c1. The Hall–Kier alpha value is -3.61. The van der Waals surface area contributed by atoms with Crippen molar-refractivity contribution < 1.29 is 33.7 Å². The number of fused-ring (bicyclic) bond motifs is 2. The zero-order valence-corrected chi connectivity index (χ0v) is 21.6. The highest BCUT2D eigenvalue weighted by Crippen LogP contribution is 2.47. The Kier molecular flexibility index (Phi) is 8.31. The van der Waals surface area contributed by atoms with Crippen LogP contribution in [0.2, 0.25) is 0 Å². The third-order valence-corrected chi connectivity index (χ3v) is 6.61. The number of hydrogen-bond acceptors (Lipinski definition) is 7. The first kappa shape index (κ1) is 26.5. The van der Waals surface area contributed by atoms with Gasteiger partial charge in [-0.25, -0.2) is 4.79 Å². The molecule has 0 radical (unpaired) electrons. The number of hydrogen-bond donors (Lipinski definition) is 1. The van der Waals surface area contributed by atoms with E-state index in [1.807, 2.05) is 44.2 Å². The van der Waals surface area contributed by atoms with Crippen LogP contribution in [0.5, 0.6) is 17.2 Å². The lowest BCUT2D eigenvalue weighted by Crippen LogP contribution is -2.23. The zero-order chi connectivity index (χ0) is 26.5. The van der Waals surface area contributed by atoms with Crippen LogP contribution in [0.15, 0.2) is 36.4 Å². The van der Waals surface area contributed by atoms with Crippen molar-refractivity contribution in [3.63, 3.8) is 0 Å². The number of Topliss-reactive ketones (excluding diaryl/α,β-unsaturated/α-hetero) is 1. The van der Waals surface area contributed by atoms with Gasteiger partial charge in [0, 0.05) is 24.3 Å². The summed E-state index contributed by atoms with van der Waals surface area (Å²) in [5.41, 5.74) is 1.61. The average molecular weight is 507 g/mol. The average Bonchev–Trinajstić information content (AvgIpc) is 2.82. The summed E-state index contributed by atoms with van der Waals surface area (Å²) >= 11 is 0. The molecule has 0 aliphatic carbocycles. The number of ketones is 1. The second kappa shape index (κ2) is 11.6. The normalized spacial score (nSPS) is 20.9. The van der Waals surface area contributed by atoms with Gasteiger partial charge < -0.3 is 19.3 Å². The van der Waals surface area contributed by atoms with E-state index < -0.39 is 24.0 Å². The van der Waals surface area contributed by atoms with Gasteiger partial charge in [0.15, 0.2) is 0 Å². The number of esters is 2. The summed E-state index contributed by atoms with van der Waals surface area (Å²) in [6.07, 6.45) is 6.63. The van der Waals surface area contributed by atoms with Crippen molar-refractivity contribution in [2.45, 2.75) is 83.8 Å². The lowest BCUT2D eigenvalue weighted by atomic mass is 9.83. The third-order valence-electron chi connectivity index (χ3n) is 6.61. The number of carbonyl (C=O) groups excluding carboxylic acids is 3. The highest BCUT2D eigenvalue weighted by Gasteiger charge is 2.35. The maximum absolute atomic E-state index is 13.3. The quantitative estimate of drug-likeness (QED) is 0.396. The Morgan fingerprint density at radius 3 is 2.65 bits per heavy atom. The molecular formula is C30H34O7. The van der Waals surface area contributed by atoms with Crippen molar-refractivity contribution in [3.05, 3.63) is 58.7 Å². The van der Waals surface area contributed by atoms with Crippen LogP contribution < -0.4 is 9.47 Å². The van der Waals surface area contributed by atoms with E-state index in [4.69, 9.17) is 14.2 Å². The van der Waals surface area contributed by atoms with Crippen LogP contribution in [0.1, 0.15) is 98.7 Å². The number of carbonyl (C=O) groups is 3. The van der Waals surface area contributed by atoms with Gasteiger partial charge in [0.25, 0.3) is 0 Å². The maximum Gasteiger partial charge on any atom is 0.342 e. The van der Waals surface area contributed by atoms with Crippen LogP contribution in [0.25, 0.3) is 6.08 Å². The molecule has 0 saturated carbocycles. The van der Waals surface area contributed by atoms with E-state index in [1.165, 1.54) is 0 Å². The van der Waals surface area contributed by atoms with Crippen molar-refractivity contribution in [2.24, 2.45) is 0 Å². The lowest BCUT2D eigenvalue weighted by molar-refractivity contribution is -0.135. The number of rotatable bonds is 3. The summed E-state index contributed by atoms with van der Waals surface area (Å²) in [5.74, 6) is -0.767. The summed E-state index contributed by atoms with van der Waals surface area (Å²) in [6, 6.07) is 9.01. The van der Waals surface area contributed by atoms with Crippen molar-refractivity contribution in [1.82, 2.24) is 0 Å². The molecule has 0 saturated heterocycles. The monoisotopic (exact) mass is 506 g/mol. The van der Waals surface area contributed by atoms with Crippen LogP contribution in [-0.2, 0) is 14.3 Å². The fourth-order valence-electron chi connectivity index (χ4n) is 4.88. The summed E-state index contributed by atoms with van der Waals surface area (Å²) < 4.78 is 17.1. The molecule has 0 unspecified atom stereocenters. The molecule has 7 nitrogen and oxygen atoms in total. The number of cyclic esters (lactones) is 1. The Labute approximate surface area is 217 Å². The van der Waals surface area contributed by atoms with Crippen molar-refractivity contribution in [1.29, 1.82) is 0 Å². The van der Waals surface area contributed by atoms with E-state index >= 15 is 0 Å². The smallest absolute Gasteiger partial charge is 0.342 e. The topological polar surface area (TPSA) is 99.1 Å². The molecule has 2 atom stereocenters. The van der Waals surface area contributed by atoms with Gasteiger partial charge in [0.05, 0.1) is 18.6 Å². The molecule has 0 amide bonds. The largest absolute Gasteiger partial charge is 0.507 e. The molecule has 2 aromatic carbocycles. The van der Waals surface area contributed by atoms with Crippen molar-refractivity contribution in [3.8, 4) is 17.2 Å². The molecule has 1 N–H and O–H groups in total. The molecule has 2 aliphatic heterocycles. The molecule has 4 rings (SSSR count). The van der Waals surface area contributed by atoms with E-state index in [9.17, 15) is 19.5 Å². The van der Waals surface area contributed by atoms with E-state index in [-0.39, 0.29) is 35.4 Å². The van der Waals surface area contributed by atoms with Gasteiger partial charge in [-0.05, 0) is 75.8 Å².